The van der Waals surface area contributed by atoms with Gasteiger partial charge in [0.1, 0.15) is 18.4 Å². The summed E-state index contributed by atoms with van der Waals surface area (Å²) in [5.74, 6) is -2.16. The molecule has 0 amide bonds. The molecule has 0 fully saturated rings. The minimum Gasteiger partial charge on any atom is -0.480 e. The fraction of sp³-hybridized carbons (Fsp3) is 0.333. The van der Waals surface area contributed by atoms with Crippen LogP contribution in [0.5, 0.6) is 0 Å². The first-order chi connectivity index (χ1) is 10.5. The van der Waals surface area contributed by atoms with Crippen molar-refractivity contribution >= 4 is 11.9 Å². The molecule has 0 bridgehead atoms. The Morgan fingerprint density at radius 1 is 1.36 bits per heavy atom. The van der Waals surface area contributed by atoms with Gasteiger partial charge in [-0.1, -0.05) is 0 Å². The van der Waals surface area contributed by atoms with Crippen LogP contribution in [0.15, 0.2) is 25.0 Å². The minimum absolute atomic E-state index is 0.0578. The Hall–Kier alpha value is -2.88. The predicted molar refractivity (Wildman–Crippen MR) is 74.6 cm³/mol. The van der Waals surface area contributed by atoms with Crippen LogP contribution in [0.25, 0.3) is 0 Å². The quantitative estimate of drug-likeness (QED) is 0.406. The maximum Gasteiger partial charge on any atom is 0.328 e. The molecule has 10 nitrogen and oxygen atoms in total. The summed E-state index contributed by atoms with van der Waals surface area (Å²) in [6, 6.07) is -1.95. The first-order valence-corrected chi connectivity index (χ1v) is 6.43. The Labute approximate surface area is 125 Å². The van der Waals surface area contributed by atoms with Crippen molar-refractivity contribution in [1.82, 2.24) is 19.6 Å². The van der Waals surface area contributed by atoms with Crippen LogP contribution in [0.1, 0.15) is 11.4 Å². The highest BCUT2D eigenvalue weighted by atomic mass is 16.4. The van der Waals surface area contributed by atoms with Gasteiger partial charge in [0, 0.05) is 30.9 Å². The van der Waals surface area contributed by atoms with E-state index < -0.39 is 24.0 Å². The van der Waals surface area contributed by atoms with Crippen molar-refractivity contribution in [2.24, 2.45) is 5.73 Å². The molecule has 22 heavy (non-hydrogen) atoms. The minimum atomic E-state index is -1.12. The Morgan fingerprint density at radius 2 is 2.14 bits per heavy atom. The monoisotopic (exact) mass is 308 g/mol. The molecule has 0 aliphatic carbocycles. The molecule has 6 N–H and O–H groups in total. The number of carboxylic acid groups (broad SMARTS) is 2. The molecule has 2 rings (SSSR count). The van der Waals surface area contributed by atoms with Crippen LogP contribution in [0.3, 0.4) is 0 Å². The smallest absolute Gasteiger partial charge is 0.328 e. The van der Waals surface area contributed by atoms with Crippen molar-refractivity contribution in [3.63, 3.8) is 0 Å². The zero-order valence-corrected chi connectivity index (χ0v) is 11.5. The van der Waals surface area contributed by atoms with E-state index in [1.54, 1.807) is 6.20 Å². The van der Waals surface area contributed by atoms with Crippen LogP contribution in [-0.4, -0.2) is 53.9 Å². The molecule has 2 heterocycles. The molecule has 0 aromatic carbocycles. The summed E-state index contributed by atoms with van der Waals surface area (Å²) in [5, 5.41) is 18.0. The van der Waals surface area contributed by atoms with Gasteiger partial charge in [0.15, 0.2) is 0 Å². The maximum atomic E-state index is 11.3. The zero-order valence-electron chi connectivity index (χ0n) is 11.5. The highest BCUT2D eigenvalue weighted by Crippen LogP contribution is 2.03. The number of nitrogens with zero attached hydrogens (tertiary/aromatic N) is 3. The molecule has 2 atom stereocenters. The van der Waals surface area contributed by atoms with E-state index in [1.807, 2.05) is 0 Å². The fourth-order valence-electron chi connectivity index (χ4n) is 1.84. The average Bonchev–Trinajstić information content (AvgIpc) is 3.10. The van der Waals surface area contributed by atoms with E-state index in [0.29, 0.717) is 11.4 Å². The van der Waals surface area contributed by atoms with Crippen molar-refractivity contribution in [2.75, 3.05) is 5.43 Å². The van der Waals surface area contributed by atoms with Crippen LogP contribution in [0, 0.1) is 0 Å². The third kappa shape index (κ3) is 4.06. The summed E-state index contributed by atoms with van der Waals surface area (Å²) in [6.07, 6.45) is 6.15. The average molecular weight is 308 g/mol. The molecule has 0 saturated heterocycles. The van der Waals surface area contributed by atoms with E-state index in [-0.39, 0.29) is 12.8 Å². The fourth-order valence-corrected chi connectivity index (χ4v) is 1.84. The van der Waals surface area contributed by atoms with Crippen LogP contribution >= 0.6 is 0 Å². The lowest BCUT2D eigenvalue weighted by Crippen LogP contribution is -2.36. The second kappa shape index (κ2) is 6.72. The number of imidazole rings is 2. The summed E-state index contributed by atoms with van der Waals surface area (Å²) in [4.78, 5) is 32.6. The molecule has 0 unspecified atom stereocenters. The number of carbonyl (C=O) groups is 2. The predicted octanol–water partition coefficient (Wildman–Crippen LogP) is -1.20. The van der Waals surface area contributed by atoms with Crippen molar-refractivity contribution in [2.45, 2.75) is 24.9 Å². The van der Waals surface area contributed by atoms with E-state index in [2.05, 4.69) is 20.4 Å². The molecule has 2 aromatic rings. The molecular weight excluding hydrogens is 292 g/mol. The van der Waals surface area contributed by atoms with Crippen molar-refractivity contribution < 1.29 is 19.8 Å². The summed E-state index contributed by atoms with van der Waals surface area (Å²) >= 11 is 0. The number of carboxylic acids is 2. The van der Waals surface area contributed by atoms with Crippen LogP contribution in [0.4, 0.5) is 0 Å². The van der Waals surface area contributed by atoms with Gasteiger partial charge in [0.25, 0.3) is 0 Å². The molecule has 0 saturated carbocycles. The van der Waals surface area contributed by atoms with Crippen molar-refractivity contribution in [3.8, 4) is 0 Å². The molecule has 0 aliphatic rings. The summed E-state index contributed by atoms with van der Waals surface area (Å²) in [6.45, 7) is 0. The largest absolute Gasteiger partial charge is 0.480 e. The molecule has 2 aromatic heterocycles. The first kappa shape index (κ1) is 15.5. The Kier molecular flexibility index (Phi) is 4.73. The van der Waals surface area contributed by atoms with Crippen molar-refractivity contribution in [1.29, 1.82) is 0 Å². The number of hydrogen-bond acceptors (Lipinski definition) is 6. The lowest BCUT2D eigenvalue weighted by Gasteiger charge is -2.15. The second-order valence-corrected chi connectivity index (χ2v) is 4.72. The normalized spacial score (nSPS) is 13.5. The Bertz CT molecular complexity index is 638. The van der Waals surface area contributed by atoms with Gasteiger partial charge in [-0.15, -0.1) is 0 Å². The van der Waals surface area contributed by atoms with E-state index in [4.69, 9.17) is 10.8 Å². The Balaban J connectivity index is 2.00. The molecule has 0 radical (unpaired) electrons. The molecule has 0 spiro atoms. The highest BCUT2D eigenvalue weighted by molar-refractivity contribution is 5.75. The summed E-state index contributed by atoms with van der Waals surface area (Å²) in [7, 11) is 0. The van der Waals surface area contributed by atoms with Gasteiger partial charge in [-0.05, 0) is 0 Å². The van der Waals surface area contributed by atoms with Crippen LogP contribution in [-0.2, 0) is 22.4 Å². The molecular formula is C12H16N6O4. The van der Waals surface area contributed by atoms with Gasteiger partial charge >= 0.3 is 11.9 Å². The number of nitrogens with two attached hydrogens (primary N) is 1. The van der Waals surface area contributed by atoms with Gasteiger partial charge in [-0.2, -0.15) is 0 Å². The van der Waals surface area contributed by atoms with Crippen LogP contribution < -0.4 is 11.2 Å². The Morgan fingerprint density at radius 3 is 2.73 bits per heavy atom. The molecule has 118 valence electrons. The number of H-pyrrole nitrogens is 1. The zero-order chi connectivity index (χ0) is 16.1. The third-order valence-electron chi connectivity index (χ3n) is 2.96. The number of hydrogen-bond donors (Lipinski definition) is 5. The number of rotatable bonds is 8. The lowest BCUT2D eigenvalue weighted by atomic mass is 10.2. The van der Waals surface area contributed by atoms with Gasteiger partial charge in [-0.3, -0.25) is 9.47 Å². The third-order valence-corrected chi connectivity index (χ3v) is 2.96. The number of aromatic nitrogens is 4. The topological polar surface area (TPSA) is 159 Å². The van der Waals surface area contributed by atoms with Crippen LogP contribution in [0.2, 0.25) is 0 Å². The van der Waals surface area contributed by atoms with Gasteiger partial charge in [0.2, 0.25) is 0 Å². The summed E-state index contributed by atoms with van der Waals surface area (Å²) < 4.78 is 1.37. The second-order valence-electron chi connectivity index (χ2n) is 4.72. The van der Waals surface area contributed by atoms with Gasteiger partial charge < -0.3 is 26.4 Å². The highest BCUT2D eigenvalue weighted by Gasteiger charge is 2.19. The maximum absolute atomic E-state index is 11.3. The molecule has 10 heteroatoms. The van der Waals surface area contributed by atoms with E-state index in [0.717, 1.165) is 0 Å². The lowest BCUT2D eigenvalue weighted by molar-refractivity contribution is -0.139. The number of aromatic amines is 1. The van der Waals surface area contributed by atoms with E-state index in [9.17, 15) is 14.7 Å². The standard InChI is InChI=1S/C12H16N6O4/c13-9(11(19)20)1-8-4-18(6-16-8)17-10(12(21)22)2-7-3-14-5-15-7/h3-6,9-10,17H,1-2,13H2,(H,14,15)(H,19,20)(H,21,22)/t9-,10-/m0/s1. The number of nitrogens with one attached hydrogen (secondary N) is 2. The van der Waals surface area contributed by atoms with E-state index in [1.165, 1.54) is 23.5 Å². The SMILES string of the molecule is N[C@@H](Cc1cn(N[C@@H](Cc2cnc[nH]2)C(=O)O)cn1)C(=O)O. The van der Waals surface area contributed by atoms with Gasteiger partial charge in [-0.25, -0.2) is 14.8 Å². The van der Waals surface area contributed by atoms with Gasteiger partial charge in [0.05, 0.1) is 12.0 Å². The molecule has 0 aliphatic heterocycles. The number of aliphatic carboxylic acids is 2. The van der Waals surface area contributed by atoms with E-state index >= 15 is 0 Å². The first-order valence-electron chi connectivity index (χ1n) is 6.43. The van der Waals surface area contributed by atoms with Crippen molar-refractivity contribution in [3.05, 3.63) is 36.4 Å². The summed E-state index contributed by atoms with van der Waals surface area (Å²) in [5.41, 5.74) is 9.31.